The molecular formula is C13H25N3O3. The fraction of sp³-hybridized carbons (Fsp3) is 0.846. The lowest BCUT2D eigenvalue weighted by atomic mass is 9.90. The molecule has 0 spiro atoms. The maximum absolute atomic E-state index is 11.7. The lowest BCUT2D eigenvalue weighted by Crippen LogP contribution is -2.45. The Kier molecular flexibility index (Phi) is 7.43. The van der Waals surface area contributed by atoms with Crippen LogP contribution in [0.5, 0.6) is 0 Å². The van der Waals surface area contributed by atoms with E-state index in [-0.39, 0.29) is 24.4 Å². The van der Waals surface area contributed by atoms with Crippen LogP contribution in [0.4, 0.5) is 0 Å². The van der Waals surface area contributed by atoms with Crippen molar-refractivity contribution in [2.24, 2.45) is 5.92 Å². The third-order valence-electron chi connectivity index (χ3n) is 3.41. The quantitative estimate of drug-likeness (QED) is 0.553. The van der Waals surface area contributed by atoms with E-state index in [0.717, 1.165) is 13.0 Å². The zero-order valence-corrected chi connectivity index (χ0v) is 11.8. The number of piperidine rings is 1. The molecule has 1 aliphatic heterocycles. The minimum absolute atomic E-state index is 0.0314. The van der Waals surface area contributed by atoms with Gasteiger partial charge < -0.3 is 20.7 Å². The van der Waals surface area contributed by atoms with Gasteiger partial charge in [-0.05, 0) is 25.3 Å². The van der Waals surface area contributed by atoms with Gasteiger partial charge in [-0.25, -0.2) is 0 Å². The number of amides is 2. The van der Waals surface area contributed by atoms with Gasteiger partial charge in [-0.15, -0.1) is 0 Å². The van der Waals surface area contributed by atoms with Crippen molar-refractivity contribution in [3.8, 4) is 0 Å². The summed E-state index contributed by atoms with van der Waals surface area (Å²) in [7, 11) is 1.58. The van der Waals surface area contributed by atoms with Crippen molar-refractivity contribution < 1.29 is 14.3 Å². The molecule has 0 saturated carbocycles. The predicted octanol–water partition coefficient (Wildman–Crippen LogP) is -0.357. The minimum Gasteiger partial charge on any atom is -0.383 e. The molecule has 1 saturated heterocycles. The number of carbonyl (C=O) groups is 2. The summed E-state index contributed by atoms with van der Waals surface area (Å²) in [5, 5.41) is 8.65. The summed E-state index contributed by atoms with van der Waals surface area (Å²) in [6.45, 7) is 4.10. The average Bonchev–Trinajstić information content (AvgIpc) is 2.39. The summed E-state index contributed by atoms with van der Waals surface area (Å²) < 4.78 is 4.82. The highest BCUT2D eigenvalue weighted by Crippen LogP contribution is 2.17. The van der Waals surface area contributed by atoms with Crippen LogP contribution in [0.3, 0.4) is 0 Å². The maximum atomic E-state index is 11.7. The number of carbonyl (C=O) groups excluding carboxylic acids is 2. The molecule has 2 atom stereocenters. The normalized spacial score (nSPS) is 22.8. The van der Waals surface area contributed by atoms with Crippen LogP contribution in [0.25, 0.3) is 0 Å². The van der Waals surface area contributed by atoms with Gasteiger partial charge in [0.25, 0.3) is 0 Å². The molecule has 1 heterocycles. The van der Waals surface area contributed by atoms with Gasteiger partial charge in [0.2, 0.25) is 11.8 Å². The number of ether oxygens (including phenoxy) is 1. The van der Waals surface area contributed by atoms with Crippen molar-refractivity contribution in [3.05, 3.63) is 0 Å². The molecular weight excluding hydrogens is 246 g/mol. The summed E-state index contributed by atoms with van der Waals surface area (Å²) >= 11 is 0. The molecule has 1 aliphatic rings. The summed E-state index contributed by atoms with van der Waals surface area (Å²) in [4.78, 5) is 23.1. The highest BCUT2D eigenvalue weighted by Gasteiger charge is 2.23. The molecule has 6 nitrogen and oxygen atoms in total. The van der Waals surface area contributed by atoms with Crippen molar-refractivity contribution in [3.63, 3.8) is 0 Å². The fourth-order valence-corrected chi connectivity index (χ4v) is 2.19. The van der Waals surface area contributed by atoms with E-state index in [4.69, 9.17) is 4.74 Å². The second-order valence-electron chi connectivity index (χ2n) is 5.00. The van der Waals surface area contributed by atoms with Crippen LogP contribution in [-0.2, 0) is 14.3 Å². The number of hydrogen-bond donors (Lipinski definition) is 3. The first-order valence-corrected chi connectivity index (χ1v) is 6.89. The van der Waals surface area contributed by atoms with Gasteiger partial charge in [-0.2, -0.15) is 0 Å². The Labute approximate surface area is 114 Å². The lowest BCUT2D eigenvalue weighted by Gasteiger charge is -2.29. The molecule has 0 bridgehead atoms. The van der Waals surface area contributed by atoms with Crippen LogP contribution in [0.2, 0.25) is 0 Å². The molecule has 3 N–H and O–H groups in total. The average molecular weight is 271 g/mol. The van der Waals surface area contributed by atoms with Crippen molar-refractivity contribution in [1.82, 2.24) is 16.0 Å². The predicted molar refractivity (Wildman–Crippen MR) is 72.7 cm³/mol. The van der Waals surface area contributed by atoms with E-state index >= 15 is 0 Å². The second-order valence-corrected chi connectivity index (χ2v) is 5.00. The molecule has 6 heteroatoms. The molecule has 0 aliphatic carbocycles. The van der Waals surface area contributed by atoms with Crippen molar-refractivity contribution in [1.29, 1.82) is 0 Å². The molecule has 1 fully saturated rings. The van der Waals surface area contributed by atoms with Crippen LogP contribution >= 0.6 is 0 Å². The minimum atomic E-state index is -0.185. The van der Waals surface area contributed by atoms with E-state index in [2.05, 4.69) is 22.9 Å². The molecule has 2 unspecified atom stereocenters. The molecule has 19 heavy (non-hydrogen) atoms. The van der Waals surface area contributed by atoms with E-state index in [1.165, 1.54) is 6.42 Å². The van der Waals surface area contributed by atoms with E-state index < -0.39 is 0 Å². The molecule has 1 rings (SSSR count). The van der Waals surface area contributed by atoms with Crippen LogP contribution in [0.15, 0.2) is 0 Å². The Morgan fingerprint density at radius 1 is 1.32 bits per heavy atom. The fourth-order valence-electron chi connectivity index (χ4n) is 2.19. The van der Waals surface area contributed by atoms with E-state index in [9.17, 15) is 9.59 Å². The monoisotopic (exact) mass is 271 g/mol. The van der Waals surface area contributed by atoms with Gasteiger partial charge in [0.15, 0.2) is 0 Å². The van der Waals surface area contributed by atoms with Crippen LogP contribution in [-0.4, -0.2) is 51.2 Å². The van der Waals surface area contributed by atoms with Gasteiger partial charge in [0.1, 0.15) is 0 Å². The Hall–Kier alpha value is -1.14. The third-order valence-corrected chi connectivity index (χ3v) is 3.41. The standard InChI is InChI=1S/C13H25N3O3/c1-10-4-3-5-14-11(10)8-12(17)16-9-13(18)15-6-7-19-2/h10-11,14H,3-9H2,1-2H3,(H,15,18)(H,16,17). The largest absolute Gasteiger partial charge is 0.383 e. The Morgan fingerprint density at radius 2 is 2.11 bits per heavy atom. The van der Waals surface area contributed by atoms with Crippen LogP contribution in [0.1, 0.15) is 26.2 Å². The number of rotatable bonds is 7. The smallest absolute Gasteiger partial charge is 0.239 e. The second kappa shape index (κ2) is 8.87. The maximum Gasteiger partial charge on any atom is 0.239 e. The van der Waals surface area contributed by atoms with Gasteiger partial charge in [0.05, 0.1) is 13.2 Å². The molecule has 0 aromatic carbocycles. The van der Waals surface area contributed by atoms with Gasteiger partial charge in [-0.1, -0.05) is 6.92 Å². The Morgan fingerprint density at radius 3 is 2.79 bits per heavy atom. The molecule has 2 amide bonds. The first-order valence-electron chi connectivity index (χ1n) is 6.89. The summed E-state index contributed by atoms with van der Waals surface area (Å²) in [6, 6.07) is 0.227. The first-order chi connectivity index (χ1) is 9.13. The topological polar surface area (TPSA) is 79.5 Å². The van der Waals surface area contributed by atoms with Crippen molar-refractivity contribution in [2.45, 2.75) is 32.2 Å². The Balaban J connectivity index is 2.14. The summed E-state index contributed by atoms with van der Waals surface area (Å²) in [6.07, 6.45) is 2.76. The third kappa shape index (κ3) is 6.54. The number of nitrogens with one attached hydrogen (secondary N) is 3. The van der Waals surface area contributed by atoms with E-state index in [1.54, 1.807) is 7.11 Å². The van der Waals surface area contributed by atoms with Crippen LogP contribution < -0.4 is 16.0 Å². The Bertz CT molecular complexity index is 297. The molecule has 0 aromatic rings. The van der Waals surface area contributed by atoms with E-state index in [0.29, 0.717) is 25.5 Å². The summed E-state index contributed by atoms with van der Waals surface area (Å²) in [5.41, 5.74) is 0. The zero-order chi connectivity index (χ0) is 14.1. The van der Waals surface area contributed by atoms with Crippen LogP contribution in [0, 0.1) is 5.92 Å². The number of hydrogen-bond acceptors (Lipinski definition) is 4. The molecule has 0 aromatic heterocycles. The molecule has 0 radical (unpaired) electrons. The van der Waals surface area contributed by atoms with Gasteiger partial charge in [0, 0.05) is 26.1 Å². The SMILES string of the molecule is COCCNC(=O)CNC(=O)CC1NCCCC1C. The van der Waals surface area contributed by atoms with Gasteiger partial charge in [-0.3, -0.25) is 9.59 Å². The lowest BCUT2D eigenvalue weighted by molar-refractivity contribution is -0.126. The number of methoxy groups -OCH3 is 1. The van der Waals surface area contributed by atoms with Crippen molar-refractivity contribution >= 4 is 11.8 Å². The van der Waals surface area contributed by atoms with Crippen molar-refractivity contribution in [2.75, 3.05) is 33.4 Å². The highest BCUT2D eigenvalue weighted by molar-refractivity contribution is 5.84. The van der Waals surface area contributed by atoms with E-state index in [1.807, 2.05) is 0 Å². The molecule has 110 valence electrons. The zero-order valence-electron chi connectivity index (χ0n) is 11.8. The highest BCUT2D eigenvalue weighted by atomic mass is 16.5. The van der Waals surface area contributed by atoms with Gasteiger partial charge >= 0.3 is 0 Å². The first kappa shape index (κ1) is 15.9. The summed E-state index contributed by atoms with van der Waals surface area (Å²) in [5.74, 6) is 0.248.